The van der Waals surface area contributed by atoms with E-state index in [9.17, 15) is 4.79 Å². The number of hydrogen-bond acceptors (Lipinski definition) is 2. The van der Waals surface area contributed by atoms with Crippen molar-refractivity contribution in [3.8, 4) is 0 Å². The van der Waals surface area contributed by atoms with Crippen LogP contribution in [-0.4, -0.2) is 29.9 Å². The number of likely N-dealkylation sites (tertiary alicyclic amines) is 1. The molecule has 3 heteroatoms. The smallest absolute Gasteiger partial charge is 0.223 e. The Morgan fingerprint density at radius 2 is 1.94 bits per heavy atom. The predicted octanol–water partition coefficient (Wildman–Crippen LogP) is 2.15. The molecule has 0 aromatic rings. The molecule has 0 radical (unpaired) electrons. The highest BCUT2D eigenvalue weighted by atomic mass is 16.2. The number of carbonyl (C=O) groups excluding carboxylic acids is 1. The van der Waals surface area contributed by atoms with Crippen molar-refractivity contribution in [3.05, 3.63) is 0 Å². The van der Waals surface area contributed by atoms with Gasteiger partial charge in [0, 0.05) is 25.6 Å². The van der Waals surface area contributed by atoms with Crippen LogP contribution in [0.1, 0.15) is 51.9 Å². The molecule has 17 heavy (non-hydrogen) atoms. The maximum Gasteiger partial charge on any atom is 0.223 e. The molecule has 1 aliphatic carbocycles. The van der Waals surface area contributed by atoms with Gasteiger partial charge < -0.3 is 10.6 Å². The number of hydrogen-bond donors (Lipinski definition) is 1. The van der Waals surface area contributed by atoms with Gasteiger partial charge in [-0.2, -0.15) is 0 Å². The van der Waals surface area contributed by atoms with Crippen molar-refractivity contribution in [2.24, 2.45) is 17.6 Å². The predicted molar refractivity (Wildman–Crippen MR) is 69.5 cm³/mol. The fraction of sp³-hybridized carbons (Fsp3) is 0.929. The number of piperidine rings is 1. The van der Waals surface area contributed by atoms with Crippen LogP contribution in [0.15, 0.2) is 0 Å². The summed E-state index contributed by atoms with van der Waals surface area (Å²) >= 11 is 0. The summed E-state index contributed by atoms with van der Waals surface area (Å²) in [6.07, 6.45) is 8.26. The zero-order valence-corrected chi connectivity index (χ0v) is 11.0. The number of nitrogens with two attached hydrogens (primary N) is 1. The SMILES string of the molecule is C[C@H]1CCCN(C(=O)CC2CCCC2)[C@H]1CN. The van der Waals surface area contributed by atoms with Crippen molar-refractivity contribution in [1.29, 1.82) is 0 Å². The van der Waals surface area contributed by atoms with Crippen molar-refractivity contribution < 1.29 is 4.79 Å². The van der Waals surface area contributed by atoms with Crippen LogP contribution in [0.2, 0.25) is 0 Å². The van der Waals surface area contributed by atoms with Crippen LogP contribution in [0, 0.1) is 11.8 Å². The largest absolute Gasteiger partial charge is 0.338 e. The van der Waals surface area contributed by atoms with E-state index in [1.807, 2.05) is 0 Å². The van der Waals surface area contributed by atoms with Crippen molar-refractivity contribution >= 4 is 5.91 Å². The van der Waals surface area contributed by atoms with Crippen LogP contribution < -0.4 is 5.73 Å². The Morgan fingerprint density at radius 1 is 1.24 bits per heavy atom. The van der Waals surface area contributed by atoms with Gasteiger partial charge in [-0.25, -0.2) is 0 Å². The van der Waals surface area contributed by atoms with Gasteiger partial charge in [-0.15, -0.1) is 0 Å². The van der Waals surface area contributed by atoms with Gasteiger partial charge in [0.25, 0.3) is 0 Å². The average molecular weight is 238 g/mol. The Balaban J connectivity index is 1.91. The van der Waals surface area contributed by atoms with E-state index in [1.54, 1.807) is 0 Å². The second-order valence-corrected chi connectivity index (χ2v) is 5.86. The van der Waals surface area contributed by atoms with Gasteiger partial charge in [-0.3, -0.25) is 4.79 Å². The Bertz CT molecular complexity index is 261. The number of amides is 1. The Morgan fingerprint density at radius 3 is 2.59 bits per heavy atom. The zero-order valence-electron chi connectivity index (χ0n) is 11.0. The zero-order chi connectivity index (χ0) is 12.3. The quantitative estimate of drug-likeness (QED) is 0.819. The molecule has 0 aromatic carbocycles. The number of rotatable bonds is 3. The maximum atomic E-state index is 12.3. The molecule has 1 saturated carbocycles. The molecule has 1 saturated heterocycles. The third-order valence-corrected chi connectivity index (χ3v) is 4.62. The summed E-state index contributed by atoms with van der Waals surface area (Å²) in [5, 5.41) is 0. The van der Waals surface area contributed by atoms with E-state index in [0.29, 0.717) is 24.3 Å². The highest BCUT2D eigenvalue weighted by molar-refractivity contribution is 5.77. The van der Waals surface area contributed by atoms with E-state index < -0.39 is 0 Å². The minimum Gasteiger partial charge on any atom is -0.338 e. The molecule has 2 fully saturated rings. The Hall–Kier alpha value is -0.570. The van der Waals surface area contributed by atoms with E-state index in [4.69, 9.17) is 5.73 Å². The lowest BCUT2D eigenvalue weighted by atomic mass is 9.90. The maximum absolute atomic E-state index is 12.3. The third kappa shape index (κ3) is 3.01. The lowest BCUT2D eigenvalue weighted by molar-refractivity contribution is -0.137. The molecule has 2 atom stereocenters. The molecule has 1 heterocycles. The molecule has 1 amide bonds. The molecular formula is C14H26N2O. The summed E-state index contributed by atoms with van der Waals surface area (Å²) in [6.45, 7) is 3.78. The van der Waals surface area contributed by atoms with Crippen molar-refractivity contribution in [1.82, 2.24) is 4.90 Å². The average Bonchev–Trinajstić information content (AvgIpc) is 2.81. The van der Waals surface area contributed by atoms with E-state index in [1.165, 1.54) is 32.1 Å². The van der Waals surface area contributed by atoms with Crippen LogP contribution in [0.5, 0.6) is 0 Å². The minimum absolute atomic E-state index is 0.289. The normalized spacial score (nSPS) is 30.8. The highest BCUT2D eigenvalue weighted by Crippen LogP contribution is 2.30. The lowest BCUT2D eigenvalue weighted by Gasteiger charge is -2.40. The minimum atomic E-state index is 0.289. The van der Waals surface area contributed by atoms with Gasteiger partial charge in [0.15, 0.2) is 0 Å². The summed E-state index contributed by atoms with van der Waals surface area (Å²) in [4.78, 5) is 14.4. The summed E-state index contributed by atoms with van der Waals surface area (Å²) in [7, 11) is 0. The van der Waals surface area contributed by atoms with E-state index in [-0.39, 0.29) is 6.04 Å². The van der Waals surface area contributed by atoms with Crippen molar-refractivity contribution in [2.75, 3.05) is 13.1 Å². The summed E-state index contributed by atoms with van der Waals surface area (Å²) in [5.74, 6) is 1.58. The van der Waals surface area contributed by atoms with Gasteiger partial charge in [0.1, 0.15) is 0 Å². The molecule has 2 aliphatic rings. The summed E-state index contributed by atoms with van der Waals surface area (Å²) < 4.78 is 0. The Kier molecular flexibility index (Phi) is 4.43. The van der Waals surface area contributed by atoms with Gasteiger partial charge in [0.05, 0.1) is 0 Å². The molecule has 0 unspecified atom stereocenters. The first-order valence-corrected chi connectivity index (χ1v) is 7.22. The number of nitrogens with zero attached hydrogens (tertiary/aromatic N) is 1. The third-order valence-electron chi connectivity index (χ3n) is 4.62. The standard InChI is InChI=1S/C14H26N2O/c1-11-5-4-8-16(13(11)10-15)14(17)9-12-6-2-3-7-12/h11-13H,2-10,15H2,1H3/t11-,13-/m0/s1. The second-order valence-electron chi connectivity index (χ2n) is 5.86. The monoisotopic (exact) mass is 238 g/mol. The van der Waals surface area contributed by atoms with Crippen LogP contribution in [0.4, 0.5) is 0 Å². The van der Waals surface area contributed by atoms with Crippen LogP contribution in [-0.2, 0) is 4.79 Å². The molecule has 2 N–H and O–H groups in total. The lowest BCUT2D eigenvalue weighted by Crippen LogP contribution is -2.51. The topological polar surface area (TPSA) is 46.3 Å². The van der Waals surface area contributed by atoms with Crippen molar-refractivity contribution in [2.45, 2.75) is 57.9 Å². The Labute approximate surface area is 105 Å². The molecule has 2 rings (SSSR count). The summed E-state index contributed by atoms with van der Waals surface area (Å²) in [5.41, 5.74) is 5.84. The molecule has 1 aliphatic heterocycles. The van der Waals surface area contributed by atoms with Crippen LogP contribution in [0.25, 0.3) is 0 Å². The molecule has 3 nitrogen and oxygen atoms in total. The van der Waals surface area contributed by atoms with Gasteiger partial charge in [-0.1, -0.05) is 19.8 Å². The highest BCUT2D eigenvalue weighted by Gasteiger charge is 2.31. The molecular weight excluding hydrogens is 212 g/mol. The molecule has 0 spiro atoms. The molecule has 0 aromatic heterocycles. The molecule has 0 bridgehead atoms. The van der Waals surface area contributed by atoms with Gasteiger partial charge in [0.2, 0.25) is 5.91 Å². The second kappa shape index (κ2) is 5.85. The van der Waals surface area contributed by atoms with Crippen molar-refractivity contribution in [3.63, 3.8) is 0 Å². The first kappa shape index (κ1) is 12.9. The van der Waals surface area contributed by atoms with Gasteiger partial charge >= 0.3 is 0 Å². The first-order valence-electron chi connectivity index (χ1n) is 7.22. The summed E-state index contributed by atoms with van der Waals surface area (Å²) in [6, 6.07) is 0.289. The first-order chi connectivity index (χ1) is 8.22. The van der Waals surface area contributed by atoms with Crippen LogP contribution in [0.3, 0.4) is 0 Å². The van der Waals surface area contributed by atoms with Crippen LogP contribution >= 0.6 is 0 Å². The number of carbonyl (C=O) groups is 1. The molecule has 98 valence electrons. The van der Waals surface area contributed by atoms with E-state index >= 15 is 0 Å². The van der Waals surface area contributed by atoms with E-state index in [2.05, 4.69) is 11.8 Å². The van der Waals surface area contributed by atoms with E-state index in [0.717, 1.165) is 19.4 Å². The fourth-order valence-electron chi connectivity index (χ4n) is 3.50. The van der Waals surface area contributed by atoms with Gasteiger partial charge in [-0.05, 0) is 37.5 Å². The fourth-order valence-corrected chi connectivity index (χ4v) is 3.50.